The lowest BCUT2D eigenvalue weighted by molar-refractivity contribution is 0.0772. The Morgan fingerprint density at radius 2 is 1.79 bits per heavy atom. The Bertz CT molecular complexity index is 861. The van der Waals surface area contributed by atoms with Gasteiger partial charge in [-0.25, -0.2) is 0 Å². The largest absolute Gasteiger partial charge is 0.454 e. The van der Waals surface area contributed by atoms with Gasteiger partial charge in [0.05, 0.1) is 17.4 Å². The summed E-state index contributed by atoms with van der Waals surface area (Å²) in [6, 6.07) is 8.13. The second-order valence-corrected chi connectivity index (χ2v) is 7.36. The lowest BCUT2D eigenvalue weighted by Crippen LogP contribution is -2.46. The molecule has 2 aliphatic rings. The van der Waals surface area contributed by atoms with E-state index in [0.29, 0.717) is 25.4 Å². The van der Waals surface area contributed by atoms with Crippen LogP contribution in [0, 0.1) is 0 Å². The number of benzene rings is 1. The topological polar surface area (TPSA) is 58.1 Å². The average molecular weight is 396 g/mol. The molecule has 1 amide bonds. The third-order valence-electron chi connectivity index (χ3n) is 5.60. The Labute approximate surface area is 171 Å². The monoisotopic (exact) mass is 396 g/mol. The molecule has 1 aromatic heterocycles. The van der Waals surface area contributed by atoms with Gasteiger partial charge in [-0.05, 0) is 37.6 Å². The van der Waals surface area contributed by atoms with Gasteiger partial charge in [-0.2, -0.15) is 0 Å². The number of hydrogen-bond acceptors (Lipinski definition) is 6. The lowest BCUT2D eigenvalue weighted by Gasteiger charge is -2.36. The fourth-order valence-electron chi connectivity index (χ4n) is 3.87. The summed E-state index contributed by atoms with van der Waals surface area (Å²) in [5, 5.41) is 0. The van der Waals surface area contributed by atoms with Crippen molar-refractivity contribution in [1.82, 2.24) is 14.8 Å². The van der Waals surface area contributed by atoms with E-state index in [9.17, 15) is 4.79 Å². The SMILES string of the molecule is CCN(CC)C(=O)c1cncc(N2CCN(Cc3ccc4c(c3)OCO4)CC2)c1. The summed E-state index contributed by atoms with van der Waals surface area (Å²) in [5.41, 5.74) is 2.91. The molecule has 0 saturated carbocycles. The maximum atomic E-state index is 12.6. The fourth-order valence-corrected chi connectivity index (χ4v) is 3.87. The molecule has 0 spiro atoms. The smallest absolute Gasteiger partial charge is 0.255 e. The molecule has 29 heavy (non-hydrogen) atoms. The lowest BCUT2D eigenvalue weighted by atomic mass is 10.1. The fraction of sp³-hybridized carbons (Fsp3) is 0.455. The van der Waals surface area contributed by atoms with Crippen molar-refractivity contribution in [2.75, 3.05) is 51.0 Å². The molecule has 154 valence electrons. The van der Waals surface area contributed by atoms with Crippen LogP contribution < -0.4 is 14.4 Å². The van der Waals surface area contributed by atoms with Gasteiger partial charge in [0.25, 0.3) is 5.91 Å². The first kappa shape index (κ1) is 19.5. The summed E-state index contributed by atoms with van der Waals surface area (Å²) in [4.78, 5) is 23.5. The second-order valence-electron chi connectivity index (χ2n) is 7.36. The molecule has 4 rings (SSSR count). The molecule has 0 N–H and O–H groups in total. The molecule has 0 aliphatic carbocycles. The summed E-state index contributed by atoms with van der Waals surface area (Å²) in [6.07, 6.45) is 3.52. The van der Waals surface area contributed by atoms with E-state index in [1.807, 2.05) is 37.1 Å². The van der Waals surface area contributed by atoms with Crippen LogP contribution >= 0.6 is 0 Å². The first-order valence-electron chi connectivity index (χ1n) is 10.3. The van der Waals surface area contributed by atoms with E-state index in [-0.39, 0.29) is 5.91 Å². The highest BCUT2D eigenvalue weighted by Crippen LogP contribution is 2.33. The van der Waals surface area contributed by atoms with Crippen molar-refractivity contribution in [2.45, 2.75) is 20.4 Å². The number of hydrogen-bond donors (Lipinski definition) is 0. The molecule has 0 radical (unpaired) electrons. The quantitative estimate of drug-likeness (QED) is 0.748. The van der Waals surface area contributed by atoms with Gasteiger partial charge in [-0.15, -0.1) is 0 Å². The van der Waals surface area contributed by atoms with Gasteiger partial charge in [0.1, 0.15) is 0 Å². The van der Waals surface area contributed by atoms with E-state index in [4.69, 9.17) is 9.47 Å². The highest BCUT2D eigenvalue weighted by Gasteiger charge is 2.21. The van der Waals surface area contributed by atoms with Crippen LogP contribution in [0.5, 0.6) is 11.5 Å². The van der Waals surface area contributed by atoms with Crippen LogP contribution in [0.15, 0.2) is 36.7 Å². The van der Waals surface area contributed by atoms with Crippen molar-refractivity contribution < 1.29 is 14.3 Å². The molecular formula is C22H28N4O3. The third kappa shape index (κ3) is 4.29. The van der Waals surface area contributed by atoms with Crippen LogP contribution in [-0.4, -0.2) is 66.8 Å². The number of rotatable bonds is 6. The van der Waals surface area contributed by atoms with Crippen molar-refractivity contribution in [3.05, 3.63) is 47.8 Å². The van der Waals surface area contributed by atoms with E-state index in [0.717, 1.165) is 49.9 Å². The van der Waals surface area contributed by atoms with Crippen molar-refractivity contribution in [2.24, 2.45) is 0 Å². The number of anilines is 1. The Balaban J connectivity index is 1.36. The zero-order valence-corrected chi connectivity index (χ0v) is 17.1. The van der Waals surface area contributed by atoms with Gasteiger partial charge < -0.3 is 19.3 Å². The van der Waals surface area contributed by atoms with E-state index in [2.05, 4.69) is 26.9 Å². The van der Waals surface area contributed by atoms with Gasteiger partial charge in [0.15, 0.2) is 11.5 Å². The minimum absolute atomic E-state index is 0.0470. The van der Waals surface area contributed by atoms with Crippen LogP contribution in [0.2, 0.25) is 0 Å². The second kappa shape index (κ2) is 8.69. The zero-order chi connectivity index (χ0) is 20.2. The molecule has 3 heterocycles. The van der Waals surface area contributed by atoms with Crippen molar-refractivity contribution in [1.29, 1.82) is 0 Å². The first-order valence-corrected chi connectivity index (χ1v) is 10.3. The van der Waals surface area contributed by atoms with Crippen molar-refractivity contribution in [3.63, 3.8) is 0 Å². The Hall–Kier alpha value is -2.80. The van der Waals surface area contributed by atoms with Gasteiger partial charge in [0, 0.05) is 52.0 Å². The molecule has 0 atom stereocenters. The molecule has 0 bridgehead atoms. The highest BCUT2D eigenvalue weighted by atomic mass is 16.7. The molecule has 7 heteroatoms. The Morgan fingerprint density at radius 1 is 1.03 bits per heavy atom. The standard InChI is InChI=1S/C22H28N4O3/c1-3-25(4-2)22(27)18-12-19(14-23-13-18)26-9-7-24(8-10-26)15-17-5-6-20-21(11-17)29-16-28-20/h5-6,11-14H,3-4,7-10,15-16H2,1-2H3. The van der Waals surface area contributed by atoms with E-state index in [1.165, 1.54) is 5.56 Å². The van der Waals surface area contributed by atoms with E-state index >= 15 is 0 Å². The Kier molecular flexibility index (Phi) is 5.85. The number of nitrogens with zero attached hydrogens (tertiary/aromatic N) is 4. The maximum Gasteiger partial charge on any atom is 0.255 e. The van der Waals surface area contributed by atoms with Crippen LogP contribution in [-0.2, 0) is 6.54 Å². The maximum absolute atomic E-state index is 12.6. The number of pyridine rings is 1. The first-order chi connectivity index (χ1) is 14.2. The summed E-state index contributed by atoms with van der Waals surface area (Å²) in [7, 11) is 0. The molecular weight excluding hydrogens is 368 g/mol. The number of carbonyl (C=O) groups is 1. The van der Waals surface area contributed by atoms with Crippen LogP contribution in [0.1, 0.15) is 29.8 Å². The zero-order valence-electron chi connectivity index (χ0n) is 17.1. The molecule has 2 aliphatic heterocycles. The summed E-state index contributed by atoms with van der Waals surface area (Å²) in [6.45, 7) is 10.4. The predicted octanol–water partition coefficient (Wildman–Crippen LogP) is 2.61. The molecule has 0 unspecified atom stereocenters. The van der Waals surface area contributed by atoms with Crippen LogP contribution in [0.4, 0.5) is 5.69 Å². The molecule has 1 fully saturated rings. The summed E-state index contributed by atoms with van der Waals surface area (Å²) in [5.74, 6) is 1.71. The summed E-state index contributed by atoms with van der Waals surface area (Å²) >= 11 is 0. The van der Waals surface area contributed by atoms with Crippen LogP contribution in [0.3, 0.4) is 0 Å². The van der Waals surface area contributed by atoms with Crippen molar-refractivity contribution >= 4 is 11.6 Å². The molecule has 7 nitrogen and oxygen atoms in total. The average Bonchev–Trinajstić information content (AvgIpc) is 3.23. The Morgan fingerprint density at radius 3 is 2.55 bits per heavy atom. The predicted molar refractivity (Wildman–Crippen MR) is 112 cm³/mol. The van der Waals surface area contributed by atoms with E-state index < -0.39 is 0 Å². The van der Waals surface area contributed by atoms with E-state index in [1.54, 1.807) is 6.20 Å². The molecule has 2 aromatic rings. The number of amides is 1. The normalized spacial score (nSPS) is 16.1. The van der Waals surface area contributed by atoms with Gasteiger partial charge in [-0.3, -0.25) is 14.7 Å². The van der Waals surface area contributed by atoms with Gasteiger partial charge in [-0.1, -0.05) is 6.07 Å². The third-order valence-corrected chi connectivity index (χ3v) is 5.60. The van der Waals surface area contributed by atoms with Crippen molar-refractivity contribution in [3.8, 4) is 11.5 Å². The number of carbonyl (C=O) groups excluding carboxylic acids is 1. The van der Waals surface area contributed by atoms with Gasteiger partial charge in [0.2, 0.25) is 6.79 Å². The number of ether oxygens (including phenoxy) is 2. The minimum Gasteiger partial charge on any atom is -0.454 e. The highest BCUT2D eigenvalue weighted by molar-refractivity contribution is 5.94. The number of fused-ring (bicyclic) bond motifs is 1. The molecule has 1 aromatic carbocycles. The number of aromatic nitrogens is 1. The minimum atomic E-state index is 0.0470. The summed E-state index contributed by atoms with van der Waals surface area (Å²) < 4.78 is 10.9. The molecule has 1 saturated heterocycles. The van der Waals surface area contributed by atoms with Gasteiger partial charge >= 0.3 is 0 Å². The van der Waals surface area contributed by atoms with Crippen LogP contribution in [0.25, 0.3) is 0 Å². The number of piperazine rings is 1.